The first-order valence-corrected chi connectivity index (χ1v) is 10.7. The standard InChI is InChI=1S/C17H34N2O3S/c1-5-6-11-23(20,21)18-9-7-17(8-10-18)12-16(13-22-4)19(14-17)15(2)3/h15-16H,5-14H2,1-4H3. The summed E-state index contributed by atoms with van der Waals surface area (Å²) in [6.45, 7) is 9.77. The summed E-state index contributed by atoms with van der Waals surface area (Å²) < 4.78 is 31.9. The Balaban J connectivity index is 1.98. The molecule has 2 aliphatic rings. The maximum absolute atomic E-state index is 12.4. The lowest BCUT2D eigenvalue weighted by Gasteiger charge is -2.39. The Hall–Kier alpha value is -0.170. The van der Waals surface area contributed by atoms with Gasteiger partial charge in [-0.15, -0.1) is 0 Å². The summed E-state index contributed by atoms with van der Waals surface area (Å²) in [4.78, 5) is 2.55. The minimum absolute atomic E-state index is 0.282. The lowest BCUT2D eigenvalue weighted by atomic mass is 9.77. The van der Waals surface area contributed by atoms with Crippen LogP contribution < -0.4 is 0 Å². The predicted octanol–water partition coefficient (Wildman–Crippen LogP) is 2.33. The van der Waals surface area contributed by atoms with E-state index in [4.69, 9.17) is 4.74 Å². The molecule has 0 aromatic heterocycles. The van der Waals surface area contributed by atoms with Gasteiger partial charge in [0.1, 0.15) is 0 Å². The minimum atomic E-state index is -3.05. The molecule has 6 heteroatoms. The summed E-state index contributed by atoms with van der Waals surface area (Å²) in [6.07, 6.45) is 4.81. The van der Waals surface area contributed by atoms with Crippen molar-refractivity contribution in [3.63, 3.8) is 0 Å². The second-order valence-corrected chi connectivity index (χ2v) is 9.74. The van der Waals surface area contributed by atoms with E-state index in [1.807, 2.05) is 6.92 Å². The van der Waals surface area contributed by atoms with Crippen molar-refractivity contribution in [2.75, 3.05) is 39.1 Å². The fraction of sp³-hybridized carbons (Fsp3) is 1.00. The average molecular weight is 347 g/mol. The summed E-state index contributed by atoms with van der Waals surface area (Å²) in [6, 6.07) is 0.990. The average Bonchev–Trinajstić information content (AvgIpc) is 2.85. The number of likely N-dealkylation sites (tertiary alicyclic amines) is 1. The smallest absolute Gasteiger partial charge is 0.214 e. The first-order chi connectivity index (χ1) is 10.8. The maximum Gasteiger partial charge on any atom is 0.214 e. The van der Waals surface area contributed by atoms with Crippen LogP contribution in [-0.2, 0) is 14.8 Å². The maximum atomic E-state index is 12.4. The van der Waals surface area contributed by atoms with Crippen molar-refractivity contribution in [1.82, 2.24) is 9.21 Å². The Morgan fingerprint density at radius 3 is 2.43 bits per heavy atom. The number of hydrogen-bond donors (Lipinski definition) is 0. The Labute approximate surface area is 142 Å². The molecule has 0 aromatic carbocycles. The lowest BCUT2D eigenvalue weighted by molar-refractivity contribution is 0.0969. The highest BCUT2D eigenvalue weighted by Crippen LogP contribution is 2.44. The topological polar surface area (TPSA) is 49.9 Å². The van der Waals surface area contributed by atoms with Gasteiger partial charge in [-0.1, -0.05) is 13.3 Å². The van der Waals surface area contributed by atoms with Gasteiger partial charge in [0.2, 0.25) is 10.0 Å². The summed E-state index contributed by atoms with van der Waals surface area (Å²) in [5, 5.41) is 0. The summed E-state index contributed by atoms with van der Waals surface area (Å²) >= 11 is 0. The molecule has 0 aromatic rings. The highest BCUT2D eigenvalue weighted by atomic mass is 32.2. The number of methoxy groups -OCH3 is 1. The molecule has 1 unspecified atom stereocenters. The van der Waals surface area contributed by atoms with Crippen molar-refractivity contribution in [2.24, 2.45) is 5.41 Å². The number of ether oxygens (including phenoxy) is 1. The van der Waals surface area contributed by atoms with Crippen molar-refractivity contribution in [3.05, 3.63) is 0 Å². The number of hydrogen-bond acceptors (Lipinski definition) is 4. The molecule has 2 rings (SSSR count). The number of piperidine rings is 1. The van der Waals surface area contributed by atoms with E-state index in [0.29, 0.717) is 30.9 Å². The highest BCUT2D eigenvalue weighted by Gasteiger charge is 2.47. The Morgan fingerprint density at radius 1 is 1.26 bits per heavy atom. The quantitative estimate of drug-likeness (QED) is 0.710. The second kappa shape index (κ2) is 7.81. The van der Waals surface area contributed by atoms with Gasteiger partial charge in [-0.2, -0.15) is 0 Å². The van der Waals surface area contributed by atoms with Gasteiger partial charge in [0.05, 0.1) is 12.4 Å². The molecular formula is C17H34N2O3S. The monoisotopic (exact) mass is 346 g/mol. The Kier molecular flexibility index (Phi) is 6.50. The van der Waals surface area contributed by atoms with Crippen LogP contribution in [-0.4, -0.2) is 68.8 Å². The van der Waals surface area contributed by atoms with E-state index < -0.39 is 10.0 Å². The summed E-state index contributed by atoms with van der Waals surface area (Å²) in [5.74, 6) is 0.306. The largest absolute Gasteiger partial charge is 0.383 e. The molecular weight excluding hydrogens is 312 g/mol. The lowest BCUT2D eigenvalue weighted by Crippen LogP contribution is -2.45. The third kappa shape index (κ3) is 4.47. The molecule has 0 saturated carbocycles. The highest BCUT2D eigenvalue weighted by molar-refractivity contribution is 7.89. The fourth-order valence-electron chi connectivity index (χ4n) is 4.21. The van der Waals surface area contributed by atoms with Gasteiger partial charge in [-0.3, -0.25) is 4.90 Å². The molecule has 136 valence electrons. The van der Waals surface area contributed by atoms with Gasteiger partial charge in [0, 0.05) is 38.8 Å². The van der Waals surface area contributed by atoms with Crippen LogP contribution in [0.4, 0.5) is 0 Å². The van der Waals surface area contributed by atoms with Gasteiger partial charge in [-0.05, 0) is 44.9 Å². The van der Waals surface area contributed by atoms with Gasteiger partial charge in [0.25, 0.3) is 0 Å². The molecule has 23 heavy (non-hydrogen) atoms. The van der Waals surface area contributed by atoms with Crippen LogP contribution >= 0.6 is 0 Å². The van der Waals surface area contributed by atoms with Gasteiger partial charge < -0.3 is 4.74 Å². The number of unbranched alkanes of at least 4 members (excludes halogenated alkanes) is 1. The first kappa shape index (κ1) is 19.2. The normalized spacial score (nSPS) is 26.4. The SMILES string of the molecule is CCCCS(=O)(=O)N1CCC2(CC1)CC(COC)N(C(C)C)C2. The van der Waals surface area contributed by atoms with Crippen molar-refractivity contribution < 1.29 is 13.2 Å². The molecule has 0 aliphatic carbocycles. The van der Waals surface area contributed by atoms with E-state index in [1.54, 1.807) is 11.4 Å². The molecule has 0 bridgehead atoms. The zero-order chi connectivity index (χ0) is 17.1. The second-order valence-electron chi connectivity index (χ2n) is 7.65. The molecule has 1 spiro atoms. The van der Waals surface area contributed by atoms with Crippen molar-refractivity contribution in [2.45, 2.75) is 65.0 Å². The van der Waals surface area contributed by atoms with Crippen LogP contribution in [0.25, 0.3) is 0 Å². The first-order valence-electron chi connectivity index (χ1n) is 9.06. The van der Waals surface area contributed by atoms with Gasteiger partial charge in [0.15, 0.2) is 0 Å². The molecule has 0 radical (unpaired) electrons. The van der Waals surface area contributed by atoms with Crippen molar-refractivity contribution in [1.29, 1.82) is 0 Å². The van der Waals surface area contributed by atoms with E-state index in [0.717, 1.165) is 45.3 Å². The molecule has 5 nitrogen and oxygen atoms in total. The van der Waals surface area contributed by atoms with E-state index in [2.05, 4.69) is 18.7 Å². The van der Waals surface area contributed by atoms with Gasteiger partial charge in [-0.25, -0.2) is 12.7 Å². The van der Waals surface area contributed by atoms with Crippen molar-refractivity contribution in [3.8, 4) is 0 Å². The van der Waals surface area contributed by atoms with Crippen LogP contribution in [0.3, 0.4) is 0 Å². The molecule has 2 heterocycles. The van der Waals surface area contributed by atoms with E-state index in [1.165, 1.54) is 0 Å². The molecule has 0 N–H and O–H groups in total. The molecule has 2 aliphatic heterocycles. The number of rotatable bonds is 7. The molecule has 2 fully saturated rings. The third-order valence-electron chi connectivity index (χ3n) is 5.61. The number of nitrogens with zero attached hydrogens (tertiary/aromatic N) is 2. The van der Waals surface area contributed by atoms with Crippen LogP contribution in [0.5, 0.6) is 0 Å². The van der Waals surface area contributed by atoms with E-state index in [9.17, 15) is 8.42 Å². The van der Waals surface area contributed by atoms with E-state index in [-0.39, 0.29) is 5.41 Å². The summed E-state index contributed by atoms with van der Waals surface area (Å²) in [5.41, 5.74) is 0.282. The number of sulfonamides is 1. The third-order valence-corrected chi connectivity index (χ3v) is 7.57. The summed E-state index contributed by atoms with van der Waals surface area (Å²) in [7, 11) is -1.28. The molecule has 0 amide bonds. The van der Waals surface area contributed by atoms with Crippen LogP contribution in [0, 0.1) is 5.41 Å². The zero-order valence-corrected chi connectivity index (χ0v) is 16.1. The van der Waals surface area contributed by atoms with Gasteiger partial charge >= 0.3 is 0 Å². The van der Waals surface area contributed by atoms with Crippen molar-refractivity contribution >= 4 is 10.0 Å². The van der Waals surface area contributed by atoms with Crippen LogP contribution in [0.1, 0.15) is 52.9 Å². The van der Waals surface area contributed by atoms with Crippen LogP contribution in [0.15, 0.2) is 0 Å². The van der Waals surface area contributed by atoms with Crippen LogP contribution in [0.2, 0.25) is 0 Å². The fourth-order valence-corrected chi connectivity index (χ4v) is 5.86. The van der Waals surface area contributed by atoms with E-state index >= 15 is 0 Å². The predicted molar refractivity (Wildman–Crippen MR) is 94.1 cm³/mol. The Morgan fingerprint density at radius 2 is 1.91 bits per heavy atom. The molecule has 1 atom stereocenters. The Bertz CT molecular complexity index is 470. The molecule has 2 saturated heterocycles. The minimum Gasteiger partial charge on any atom is -0.383 e. The zero-order valence-electron chi connectivity index (χ0n) is 15.3.